The third-order valence-electron chi connectivity index (χ3n) is 6.74. The molecule has 0 saturated carbocycles. The van der Waals surface area contributed by atoms with E-state index in [1.807, 2.05) is 9.80 Å². The Morgan fingerprint density at radius 3 is 2.00 bits per heavy atom. The highest BCUT2D eigenvalue weighted by Crippen LogP contribution is 2.31. The normalized spacial score (nSPS) is 22.3. The van der Waals surface area contributed by atoms with Gasteiger partial charge >= 0.3 is 0 Å². The smallest absolute Gasteiger partial charge is 0.223 e. The Hall–Kier alpha value is -1.18. The Kier molecular flexibility index (Phi) is 8.94. The lowest BCUT2D eigenvalue weighted by Gasteiger charge is -2.41. The van der Waals surface area contributed by atoms with E-state index in [1.54, 1.807) is 0 Å². The molecule has 7 heteroatoms. The van der Waals surface area contributed by atoms with Crippen LogP contribution in [0.15, 0.2) is 0 Å². The van der Waals surface area contributed by atoms with Crippen LogP contribution in [-0.2, 0) is 9.59 Å². The molecule has 31 heavy (non-hydrogen) atoms. The van der Waals surface area contributed by atoms with Crippen molar-refractivity contribution in [1.29, 1.82) is 0 Å². The Morgan fingerprint density at radius 1 is 0.935 bits per heavy atom. The van der Waals surface area contributed by atoms with Gasteiger partial charge in [-0.2, -0.15) is 0 Å². The summed E-state index contributed by atoms with van der Waals surface area (Å²) < 4.78 is 0. The number of nitrogens with zero attached hydrogens (tertiary/aromatic N) is 4. The molecule has 0 aliphatic carbocycles. The Morgan fingerprint density at radius 2 is 1.52 bits per heavy atom. The number of likely N-dealkylation sites (tertiary alicyclic amines) is 1. The van der Waals surface area contributed by atoms with Gasteiger partial charge < -0.3 is 19.8 Å². The van der Waals surface area contributed by atoms with Crippen molar-refractivity contribution < 1.29 is 14.7 Å². The highest BCUT2D eigenvalue weighted by atomic mass is 16.3. The van der Waals surface area contributed by atoms with E-state index in [1.165, 1.54) is 0 Å². The van der Waals surface area contributed by atoms with Crippen LogP contribution in [0.2, 0.25) is 0 Å². The molecule has 0 aromatic carbocycles. The van der Waals surface area contributed by atoms with E-state index in [-0.39, 0.29) is 35.3 Å². The molecule has 2 atom stereocenters. The molecule has 7 nitrogen and oxygen atoms in total. The van der Waals surface area contributed by atoms with E-state index in [9.17, 15) is 14.7 Å². The summed E-state index contributed by atoms with van der Waals surface area (Å²) in [7, 11) is 4.15. The van der Waals surface area contributed by atoms with Crippen molar-refractivity contribution in [1.82, 2.24) is 19.6 Å². The predicted octanol–water partition coefficient (Wildman–Crippen LogP) is 1.90. The summed E-state index contributed by atoms with van der Waals surface area (Å²) in [6, 6.07) is 0.477. The number of aliphatic hydroxyl groups is 1. The van der Waals surface area contributed by atoms with Crippen molar-refractivity contribution >= 4 is 11.8 Å². The van der Waals surface area contributed by atoms with Crippen LogP contribution in [0.4, 0.5) is 0 Å². The lowest BCUT2D eigenvalue weighted by Crippen LogP contribution is -2.54. The lowest BCUT2D eigenvalue weighted by molar-refractivity contribution is -0.136. The predicted molar refractivity (Wildman–Crippen MR) is 125 cm³/mol. The lowest BCUT2D eigenvalue weighted by atomic mass is 9.81. The van der Waals surface area contributed by atoms with Crippen LogP contribution in [0.1, 0.15) is 60.3 Å². The molecule has 2 fully saturated rings. The number of aliphatic hydroxyl groups excluding tert-OH is 1. The zero-order valence-electron chi connectivity index (χ0n) is 21.0. The van der Waals surface area contributed by atoms with Crippen LogP contribution < -0.4 is 0 Å². The average molecular weight is 439 g/mol. The van der Waals surface area contributed by atoms with Gasteiger partial charge in [0.2, 0.25) is 11.8 Å². The number of hydrogen-bond donors (Lipinski definition) is 1. The molecule has 2 unspecified atom stereocenters. The fourth-order valence-corrected chi connectivity index (χ4v) is 4.83. The van der Waals surface area contributed by atoms with Crippen molar-refractivity contribution in [3.05, 3.63) is 0 Å². The van der Waals surface area contributed by atoms with Gasteiger partial charge in [-0.1, -0.05) is 34.6 Å². The van der Waals surface area contributed by atoms with Gasteiger partial charge in [0.05, 0.1) is 6.61 Å². The second-order valence-corrected chi connectivity index (χ2v) is 11.8. The van der Waals surface area contributed by atoms with E-state index in [0.717, 1.165) is 39.0 Å². The number of piperazine rings is 1. The van der Waals surface area contributed by atoms with E-state index >= 15 is 0 Å². The maximum absolute atomic E-state index is 12.9. The Bertz CT molecular complexity index is 606. The molecule has 0 spiro atoms. The van der Waals surface area contributed by atoms with Crippen LogP contribution in [0, 0.1) is 10.8 Å². The first-order valence-electron chi connectivity index (χ1n) is 11.9. The number of hydrogen-bond acceptors (Lipinski definition) is 5. The molecular formula is C24H46N4O3. The van der Waals surface area contributed by atoms with Crippen molar-refractivity contribution in [3.63, 3.8) is 0 Å². The summed E-state index contributed by atoms with van der Waals surface area (Å²) in [5.41, 5.74) is -0.180. The summed E-state index contributed by atoms with van der Waals surface area (Å²) in [6.45, 7) is 15.3. The van der Waals surface area contributed by atoms with Gasteiger partial charge in [-0.3, -0.25) is 14.5 Å². The van der Waals surface area contributed by atoms with Gasteiger partial charge in [-0.25, -0.2) is 0 Å². The SMILES string of the molecule is CN(C)C1CCN(C(=O)CC(C)(C)CC(CO)N2CCN(C(=O)CC(C)(C)C)CC2)C1. The van der Waals surface area contributed by atoms with Gasteiger partial charge in [0.25, 0.3) is 0 Å². The average Bonchev–Trinajstić information content (AvgIpc) is 3.15. The van der Waals surface area contributed by atoms with E-state index < -0.39 is 0 Å². The molecule has 0 radical (unpaired) electrons. The summed E-state index contributed by atoms with van der Waals surface area (Å²) in [4.78, 5) is 33.9. The highest BCUT2D eigenvalue weighted by Gasteiger charge is 2.35. The third kappa shape index (κ3) is 8.03. The minimum atomic E-state index is -0.181. The molecule has 0 bridgehead atoms. The van der Waals surface area contributed by atoms with Gasteiger partial charge in [0.1, 0.15) is 0 Å². The minimum Gasteiger partial charge on any atom is -0.395 e. The molecular weight excluding hydrogens is 392 g/mol. The summed E-state index contributed by atoms with van der Waals surface area (Å²) in [5.74, 6) is 0.448. The van der Waals surface area contributed by atoms with Crippen molar-refractivity contribution in [2.24, 2.45) is 10.8 Å². The van der Waals surface area contributed by atoms with Crippen molar-refractivity contribution in [2.45, 2.75) is 72.4 Å². The van der Waals surface area contributed by atoms with E-state index in [2.05, 4.69) is 58.5 Å². The number of amides is 2. The number of carbonyl (C=O) groups is 2. The number of rotatable bonds is 8. The zero-order chi connectivity index (χ0) is 23.4. The van der Waals surface area contributed by atoms with Crippen molar-refractivity contribution in [2.75, 3.05) is 60.0 Å². The Balaban J connectivity index is 1.85. The number of likely N-dealkylation sites (N-methyl/N-ethyl adjacent to an activating group) is 1. The fourth-order valence-electron chi connectivity index (χ4n) is 4.83. The van der Waals surface area contributed by atoms with Crippen LogP contribution in [0.25, 0.3) is 0 Å². The quantitative estimate of drug-likeness (QED) is 0.627. The molecule has 2 rings (SSSR count). The molecule has 2 saturated heterocycles. The summed E-state index contributed by atoms with van der Waals surface area (Å²) in [6.07, 6.45) is 2.89. The van der Waals surface area contributed by atoms with Crippen LogP contribution >= 0.6 is 0 Å². The molecule has 180 valence electrons. The largest absolute Gasteiger partial charge is 0.395 e. The molecule has 1 N–H and O–H groups in total. The molecule has 0 aromatic heterocycles. The van der Waals surface area contributed by atoms with E-state index in [4.69, 9.17) is 0 Å². The molecule has 2 amide bonds. The fraction of sp³-hybridized carbons (Fsp3) is 0.917. The third-order valence-corrected chi connectivity index (χ3v) is 6.74. The molecule has 0 aromatic rings. The minimum absolute atomic E-state index is 0.000313. The monoisotopic (exact) mass is 438 g/mol. The Labute approximate surface area is 189 Å². The first-order chi connectivity index (χ1) is 14.3. The second-order valence-electron chi connectivity index (χ2n) is 11.8. The topological polar surface area (TPSA) is 67.3 Å². The van der Waals surface area contributed by atoms with Gasteiger partial charge in [0, 0.05) is 64.2 Å². The van der Waals surface area contributed by atoms with Gasteiger partial charge in [0.15, 0.2) is 0 Å². The van der Waals surface area contributed by atoms with Crippen molar-refractivity contribution in [3.8, 4) is 0 Å². The first kappa shape index (κ1) is 26.1. The maximum Gasteiger partial charge on any atom is 0.223 e. The maximum atomic E-state index is 12.9. The number of carbonyl (C=O) groups excluding carboxylic acids is 2. The second kappa shape index (κ2) is 10.6. The zero-order valence-corrected chi connectivity index (χ0v) is 21.0. The highest BCUT2D eigenvalue weighted by molar-refractivity contribution is 5.77. The van der Waals surface area contributed by atoms with Gasteiger partial charge in [-0.05, 0) is 37.8 Å². The molecule has 2 aliphatic heterocycles. The summed E-state index contributed by atoms with van der Waals surface area (Å²) >= 11 is 0. The van der Waals surface area contributed by atoms with Crippen LogP contribution in [0.5, 0.6) is 0 Å². The van der Waals surface area contributed by atoms with Crippen LogP contribution in [0.3, 0.4) is 0 Å². The van der Waals surface area contributed by atoms with Gasteiger partial charge in [-0.15, -0.1) is 0 Å². The summed E-state index contributed by atoms with van der Waals surface area (Å²) in [5, 5.41) is 10.1. The molecule has 2 heterocycles. The first-order valence-corrected chi connectivity index (χ1v) is 11.9. The standard InChI is InChI=1S/C24H46N4O3/c1-23(2,3)15-21(30)27-12-10-26(11-13-27)20(18-29)14-24(4,5)16-22(31)28-9-8-19(17-28)25(6)7/h19-20,29H,8-18H2,1-7H3. The van der Waals surface area contributed by atoms with Crippen LogP contribution in [-0.4, -0.2) is 109 Å². The molecule has 2 aliphatic rings. The van der Waals surface area contributed by atoms with E-state index in [0.29, 0.717) is 32.0 Å².